The van der Waals surface area contributed by atoms with E-state index in [-0.39, 0.29) is 0 Å². The van der Waals surface area contributed by atoms with E-state index in [1.807, 2.05) is 0 Å². The van der Waals surface area contributed by atoms with Gasteiger partial charge in [-0.15, -0.1) is 0 Å². The lowest BCUT2D eigenvalue weighted by Crippen LogP contribution is -2.04. The summed E-state index contributed by atoms with van der Waals surface area (Å²) in [5.74, 6) is 0. The van der Waals surface area contributed by atoms with Gasteiger partial charge in [-0.05, 0) is 23.8 Å². The lowest BCUT2D eigenvalue weighted by molar-refractivity contribution is -0.137. The maximum absolute atomic E-state index is 12.6. The molecule has 8 heteroatoms. The number of aromatic nitrogens is 3. The number of nitrogens with one attached hydrogen (secondary N) is 2. The van der Waals surface area contributed by atoms with Gasteiger partial charge < -0.3 is 5.32 Å². The first-order valence-electron chi connectivity index (χ1n) is 6.98. The van der Waals surface area contributed by atoms with Crippen molar-refractivity contribution in [1.29, 1.82) is 0 Å². The van der Waals surface area contributed by atoms with Gasteiger partial charge in [0.1, 0.15) is 0 Å². The summed E-state index contributed by atoms with van der Waals surface area (Å²) in [5, 5.41) is 10.4. The molecular weight excluding hydrogens is 341 g/mol. The smallest absolute Gasteiger partial charge is 0.380 e. The largest absolute Gasteiger partial charge is 0.416 e. The maximum Gasteiger partial charge on any atom is 0.416 e. The first kappa shape index (κ1) is 16.3. The van der Waals surface area contributed by atoms with E-state index in [4.69, 9.17) is 11.6 Å². The first-order valence-corrected chi connectivity index (χ1v) is 7.35. The van der Waals surface area contributed by atoms with E-state index in [9.17, 15) is 13.2 Å². The van der Waals surface area contributed by atoms with Crippen molar-refractivity contribution in [2.75, 3.05) is 5.32 Å². The highest BCUT2D eigenvalue weighted by Crippen LogP contribution is 2.31. The van der Waals surface area contributed by atoms with Gasteiger partial charge in [-0.1, -0.05) is 23.7 Å². The minimum absolute atomic E-state index is 0.425. The Hall–Kier alpha value is -2.54. The maximum atomic E-state index is 12.6. The summed E-state index contributed by atoms with van der Waals surface area (Å²) in [5.41, 5.74) is 2.15. The molecule has 0 aliphatic rings. The highest BCUT2D eigenvalue weighted by Gasteiger charge is 2.30. The molecule has 3 rings (SSSR count). The second-order valence-electron chi connectivity index (χ2n) is 5.09. The highest BCUT2D eigenvalue weighted by molar-refractivity contribution is 6.30. The Balaban J connectivity index is 1.78. The second kappa shape index (κ2) is 6.52. The molecule has 0 unspecified atom stereocenters. The van der Waals surface area contributed by atoms with Crippen LogP contribution in [-0.2, 0) is 12.7 Å². The Kier molecular flexibility index (Phi) is 4.44. The van der Waals surface area contributed by atoms with Crippen LogP contribution in [0.25, 0.3) is 11.3 Å². The zero-order chi connectivity index (χ0) is 17.2. The van der Waals surface area contributed by atoms with Gasteiger partial charge in [0.25, 0.3) is 0 Å². The Labute approximate surface area is 140 Å². The van der Waals surface area contributed by atoms with Crippen LogP contribution in [0.3, 0.4) is 0 Å². The predicted molar refractivity (Wildman–Crippen MR) is 85.6 cm³/mol. The van der Waals surface area contributed by atoms with Gasteiger partial charge in [0, 0.05) is 18.3 Å². The van der Waals surface area contributed by atoms with Crippen molar-refractivity contribution in [2.45, 2.75) is 12.7 Å². The molecule has 0 aliphatic carbocycles. The molecular formula is C16H12ClF3N4. The molecule has 0 atom stereocenters. The summed E-state index contributed by atoms with van der Waals surface area (Å²) in [6.45, 7) is 0.425. The van der Waals surface area contributed by atoms with Gasteiger partial charge in [0.05, 0.1) is 34.4 Å². The molecule has 0 aliphatic heterocycles. The van der Waals surface area contributed by atoms with Crippen molar-refractivity contribution < 1.29 is 13.2 Å². The van der Waals surface area contributed by atoms with Crippen LogP contribution in [0, 0.1) is 0 Å². The Bertz CT molecular complexity index is 828. The molecule has 3 aromatic rings. The molecule has 2 heterocycles. The normalized spacial score (nSPS) is 11.5. The van der Waals surface area contributed by atoms with E-state index in [2.05, 4.69) is 20.5 Å². The molecule has 1 aromatic carbocycles. The van der Waals surface area contributed by atoms with E-state index < -0.39 is 11.7 Å². The van der Waals surface area contributed by atoms with Crippen LogP contribution in [-0.4, -0.2) is 15.2 Å². The Morgan fingerprint density at radius 1 is 1.08 bits per heavy atom. The van der Waals surface area contributed by atoms with Crippen LogP contribution in [0.4, 0.5) is 18.9 Å². The van der Waals surface area contributed by atoms with Gasteiger partial charge in [-0.2, -0.15) is 18.3 Å². The number of alkyl halides is 3. The van der Waals surface area contributed by atoms with E-state index in [0.29, 0.717) is 22.8 Å². The molecule has 4 nitrogen and oxygen atoms in total. The number of anilines is 1. The van der Waals surface area contributed by atoms with Gasteiger partial charge in [-0.3, -0.25) is 10.1 Å². The zero-order valence-corrected chi connectivity index (χ0v) is 13.0. The zero-order valence-electron chi connectivity index (χ0n) is 12.2. The number of hydrogen-bond acceptors (Lipinski definition) is 3. The number of halogens is 4. The fraction of sp³-hybridized carbons (Fsp3) is 0.125. The highest BCUT2D eigenvalue weighted by atomic mass is 35.5. The van der Waals surface area contributed by atoms with Crippen LogP contribution in [0.5, 0.6) is 0 Å². The Morgan fingerprint density at radius 2 is 1.83 bits per heavy atom. The summed E-state index contributed by atoms with van der Waals surface area (Å²) in [7, 11) is 0. The van der Waals surface area contributed by atoms with Gasteiger partial charge in [0.15, 0.2) is 0 Å². The monoisotopic (exact) mass is 352 g/mol. The van der Waals surface area contributed by atoms with Gasteiger partial charge in [0.2, 0.25) is 0 Å². The second-order valence-corrected chi connectivity index (χ2v) is 5.53. The van der Waals surface area contributed by atoms with E-state index >= 15 is 0 Å². The van der Waals surface area contributed by atoms with Crippen molar-refractivity contribution in [1.82, 2.24) is 15.2 Å². The number of benzene rings is 1. The molecule has 0 bridgehead atoms. The summed E-state index contributed by atoms with van der Waals surface area (Å²) < 4.78 is 37.9. The third kappa shape index (κ3) is 3.68. The molecule has 0 amide bonds. The number of aromatic amines is 1. The average Bonchev–Trinajstić information content (AvgIpc) is 3.01. The van der Waals surface area contributed by atoms with Crippen molar-refractivity contribution in [3.8, 4) is 11.3 Å². The number of H-pyrrole nitrogens is 1. The van der Waals surface area contributed by atoms with Crippen molar-refractivity contribution in [2.24, 2.45) is 0 Å². The molecule has 0 saturated heterocycles. The number of nitrogens with zero attached hydrogens (tertiary/aromatic N) is 2. The predicted octanol–water partition coefficient (Wildman–Crippen LogP) is 4.76. The van der Waals surface area contributed by atoms with Gasteiger partial charge >= 0.3 is 6.18 Å². The molecule has 24 heavy (non-hydrogen) atoms. The molecule has 2 N–H and O–H groups in total. The van der Waals surface area contributed by atoms with Crippen LogP contribution < -0.4 is 5.32 Å². The van der Waals surface area contributed by atoms with Crippen molar-refractivity contribution >= 4 is 17.3 Å². The lowest BCUT2D eigenvalue weighted by atomic mass is 10.1. The minimum Gasteiger partial charge on any atom is -0.380 e. The number of pyridine rings is 1. The molecule has 0 spiro atoms. The van der Waals surface area contributed by atoms with Crippen LogP contribution in [0.1, 0.15) is 11.1 Å². The molecule has 0 saturated carbocycles. The topological polar surface area (TPSA) is 53.6 Å². The van der Waals surface area contributed by atoms with E-state index in [1.165, 1.54) is 18.3 Å². The molecule has 2 aromatic heterocycles. The summed E-state index contributed by atoms with van der Waals surface area (Å²) in [6, 6.07) is 6.66. The van der Waals surface area contributed by atoms with Crippen LogP contribution in [0.2, 0.25) is 5.02 Å². The quantitative estimate of drug-likeness (QED) is 0.712. The van der Waals surface area contributed by atoms with Crippen LogP contribution in [0.15, 0.2) is 48.9 Å². The van der Waals surface area contributed by atoms with E-state index in [0.717, 1.165) is 23.4 Å². The Morgan fingerprint density at radius 3 is 2.50 bits per heavy atom. The minimum atomic E-state index is -4.35. The average molecular weight is 353 g/mol. The molecule has 0 radical (unpaired) electrons. The lowest BCUT2D eigenvalue weighted by Gasteiger charge is -2.09. The van der Waals surface area contributed by atoms with E-state index in [1.54, 1.807) is 18.5 Å². The summed E-state index contributed by atoms with van der Waals surface area (Å²) in [6.07, 6.45) is 0.427. The SMILES string of the molecule is FC(F)(F)c1ccc(-c2[nH]ncc2CNc2cncc(Cl)c2)cc1. The number of rotatable bonds is 4. The first-order chi connectivity index (χ1) is 11.4. The standard InChI is InChI=1S/C16H12ClF3N4/c17-13-5-14(9-21-8-13)22-6-11-7-23-24-15(11)10-1-3-12(4-2-10)16(18,19)20/h1-5,7-9,22H,6H2,(H,23,24). The van der Waals surface area contributed by atoms with Crippen molar-refractivity contribution in [3.05, 3.63) is 65.1 Å². The summed E-state index contributed by atoms with van der Waals surface area (Å²) >= 11 is 5.87. The molecule has 0 fully saturated rings. The van der Waals surface area contributed by atoms with Crippen molar-refractivity contribution in [3.63, 3.8) is 0 Å². The van der Waals surface area contributed by atoms with Gasteiger partial charge in [-0.25, -0.2) is 0 Å². The third-order valence-corrected chi connectivity index (χ3v) is 3.61. The van der Waals surface area contributed by atoms with Crippen LogP contribution >= 0.6 is 11.6 Å². The third-order valence-electron chi connectivity index (χ3n) is 3.41. The fourth-order valence-electron chi connectivity index (χ4n) is 2.23. The molecule has 124 valence electrons. The number of hydrogen-bond donors (Lipinski definition) is 2. The summed E-state index contributed by atoms with van der Waals surface area (Å²) in [4.78, 5) is 3.97. The fourth-order valence-corrected chi connectivity index (χ4v) is 2.40.